The number of aromatic amines is 1. The van der Waals surface area contributed by atoms with Crippen molar-refractivity contribution < 1.29 is 19.8 Å². The maximum absolute atomic E-state index is 11.8. The Balaban J connectivity index is 1.96. The van der Waals surface area contributed by atoms with Crippen molar-refractivity contribution in [3.8, 4) is 5.69 Å². The highest BCUT2D eigenvalue weighted by Gasteiger charge is 2.17. The number of rotatable bonds is 8. The Morgan fingerprint density at radius 3 is 2.67 bits per heavy atom. The molecule has 0 saturated heterocycles. The van der Waals surface area contributed by atoms with E-state index in [-0.39, 0.29) is 10.5 Å². The average molecular weight is 426 g/mol. The topological polar surface area (TPSA) is 121 Å². The number of aliphatic carboxylic acids is 1. The Morgan fingerprint density at radius 1 is 1.23 bits per heavy atom. The molecule has 2 aromatic heterocycles. The van der Waals surface area contributed by atoms with Gasteiger partial charge in [-0.05, 0) is 67.9 Å². The van der Waals surface area contributed by atoms with Crippen LogP contribution in [0.3, 0.4) is 0 Å². The van der Waals surface area contributed by atoms with Gasteiger partial charge in [0, 0.05) is 23.5 Å². The van der Waals surface area contributed by atoms with Crippen molar-refractivity contribution in [1.82, 2.24) is 19.7 Å². The van der Waals surface area contributed by atoms with E-state index < -0.39 is 11.9 Å². The van der Waals surface area contributed by atoms with E-state index >= 15 is 0 Å². The van der Waals surface area contributed by atoms with Crippen LogP contribution in [0.25, 0.3) is 11.8 Å². The minimum Gasteiger partial charge on any atom is -0.478 e. The summed E-state index contributed by atoms with van der Waals surface area (Å²) in [6.45, 7) is 5.78. The first-order valence-electron chi connectivity index (χ1n) is 9.37. The van der Waals surface area contributed by atoms with Gasteiger partial charge in [0.1, 0.15) is 10.7 Å². The summed E-state index contributed by atoms with van der Waals surface area (Å²) >= 11 is 0.985. The van der Waals surface area contributed by atoms with Gasteiger partial charge in [-0.1, -0.05) is 13.0 Å². The first kappa shape index (κ1) is 21.4. The number of hydrogen-bond acceptors (Lipinski definition) is 5. The Hall–Kier alpha value is -3.33. The molecule has 3 rings (SSSR count). The van der Waals surface area contributed by atoms with Crippen LogP contribution in [0.4, 0.5) is 0 Å². The molecule has 3 N–H and O–H groups in total. The van der Waals surface area contributed by atoms with Gasteiger partial charge in [0.25, 0.3) is 0 Å². The van der Waals surface area contributed by atoms with Crippen LogP contribution in [-0.2, 0) is 11.2 Å². The third-order valence-corrected chi connectivity index (χ3v) is 5.40. The number of nitrogens with zero attached hydrogens (tertiary/aromatic N) is 3. The van der Waals surface area contributed by atoms with Gasteiger partial charge < -0.3 is 14.8 Å². The second-order valence-corrected chi connectivity index (χ2v) is 7.76. The lowest BCUT2D eigenvalue weighted by atomic mass is 10.2. The molecule has 2 heterocycles. The molecule has 0 bridgehead atoms. The highest BCUT2D eigenvalue weighted by Crippen LogP contribution is 2.29. The van der Waals surface area contributed by atoms with Crippen molar-refractivity contribution in [2.45, 2.75) is 38.8 Å². The maximum atomic E-state index is 11.8. The fraction of sp³-hybridized carbons (Fsp3) is 0.238. The number of aromatic carboxylic acids is 1. The molecule has 0 radical (unpaired) electrons. The first-order valence-corrected chi connectivity index (χ1v) is 10.2. The van der Waals surface area contributed by atoms with Crippen LogP contribution < -0.4 is 0 Å². The Morgan fingerprint density at radius 2 is 2.00 bits per heavy atom. The summed E-state index contributed by atoms with van der Waals surface area (Å²) in [6.07, 6.45) is 3.25. The van der Waals surface area contributed by atoms with Gasteiger partial charge in [0.15, 0.2) is 0 Å². The maximum Gasteiger partial charge on any atom is 0.342 e. The molecule has 0 aliphatic rings. The lowest BCUT2D eigenvalue weighted by Crippen LogP contribution is -2.03. The molecule has 0 aliphatic carbocycles. The van der Waals surface area contributed by atoms with Crippen molar-refractivity contribution in [1.29, 1.82) is 0 Å². The second-order valence-electron chi connectivity index (χ2n) is 6.75. The number of aromatic nitrogens is 4. The minimum atomic E-state index is -1.07. The first-order chi connectivity index (χ1) is 14.3. The van der Waals surface area contributed by atoms with Gasteiger partial charge in [0.2, 0.25) is 5.16 Å². The van der Waals surface area contributed by atoms with Crippen LogP contribution in [-0.4, -0.2) is 41.9 Å². The van der Waals surface area contributed by atoms with Crippen molar-refractivity contribution >= 4 is 29.8 Å². The molecule has 0 unspecified atom stereocenters. The van der Waals surface area contributed by atoms with Crippen LogP contribution in [0, 0.1) is 13.8 Å². The standard InChI is InChI=1S/C21H22N4O4S/c1-4-6-18-22-21(24-23-18)30-17(20(28)29)11-15-9-12(2)25(13(15)3)16-8-5-7-14(10-16)19(26)27/h5,7-11H,4,6H2,1-3H3,(H,26,27)(H,28,29)(H,22,23,24)/b17-11-. The fourth-order valence-electron chi connectivity index (χ4n) is 3.16. The highest BCUT2D eigenvalue weighted by molar-refractivity contribution is 8.04. The van der Waals surface area contributed by atoms with Gasteiger partial charge >= 0.3 is 11.9 Å². The van der Waals surface area contributed by atoms with Gasteiger partial charge in [-0.25, -0.2) is 14.6 Å². The summed E-state index contributed by atoms with van der Waals surface area (Å²) in [5.74, 6) is -1.35. The predicted molar refractivity (Wildman–Crippen MR) is 114 cm³/mol. The number of benzene rings is 1. The second kappa shape index (κ2) is 9.00. The number of carbonyl (C=O) groups is 2. The molecule has 0 aliphatic heterocycles. The van der Waals surface area contributed by atoms with Crippen LogP contribution in [0.15, 0.2) is 40.4 Å². The van der Waals surface area contributed by atoms with Gasteiger partial charge in [-0.2, -0.15) is 0 Å². The van der Waals surface area contributed by atoms with Crippen LogP contribution in [0.1, 0.15) is 46.5 Å². The Labute approximate surface area is 177 Å². The molecule has 0 spiro atoms. The SMILES string of the molecule is CCCc1nc(S/C(=C\c2cc(C)n(-c3cccc(C(=O)O)c3)c2C)C(=O)O)n[nH]1. The fourth-order valence-corrected chi connectivity index (χ4v) is 3.87. The normalized spacial score (nSPS) is 11.6. The molecule has 8 nitrogen and oxygen atoms in total. The van der Waals surface area contributed by atoms with Gasteiger partial charge in [0.05, 0.1) is 5.56 Å². The smallest absolute Gasteiger partial charge is 0.342 e. The molecule has 30 heavy (non-hydrogen) atoms. The van der Waals surface area contributed by atoms with E-state index in [0.717, 1.165) is 47.4 Å². The third-order valence-electron chi connectivity index (χ3n) is 4.52. The van der Waals surface area contributed by atoms with Gasteiger partial charge in [-0.3, -0.25) is 5.10 Å². The Bertz CT molecular complexity index is 1130. The molecule has 0 saturated carbocycles. The minimum absolute atomic E-state index is 0.0941. The molecule has 1 aromatic carbocycles. The molecule has 156 valence electrons. The summed E-state index contributed by atoms with van der Waals surface area (Å²) in [6, 6.07) is 8.49. The van der Waals surface area contributed by atoms with Crippen molar-refractivity contribution in [2.75, 3.05) is 0 Å². The van der Waals surface area contributed by atoms with E-state index in [0.29, 0.717) is 10.8 Å². The van der Waals surface area contributed by atoms with Crippen LogP contribution in [0.5, 0.6) is 0 Å². The number of thioether (sulfide) groups is 1. The molecule has 3 aromatic rings. The summed E-state index contributed by atoms with van der Waals surface area (Å²) in [7, 11) is 0. The zero-order chi connectivity index (χ0) is 21.8. The van der Waals surface area contributed by atoms with E-state index in [1.165, 1.54) is 6.07 Å². The summed E-state index contributed by atoms with van der Waals surface area (Å²) < 4.78 is 1.90. The van der Waals surface area contributed by atoms with E-state index in [9.17, 15) is 19.8 Å². The number of carboxylic acid groups (broad SMARTS) is 2. The number of hydrogen-bond donors (Lipinski definition) is 3. The molecule has 0 atom stereocenters. The largest absolute Gasteiger partial charge is 0.478 e. The number of nitrogens with one attached hydrogen (secondary N) is 1. The lowest BCUT2D eigenvalue weighted by molar-refractivity contribution is -0.131. The average Bonchev–Trinajstić information content (AvgIpc) is 3.25. The number of carboxylic acids is 2. The number of aryl methyl sites for hydroxylation is 2. The number of H-pyrrole nitrogens is 1. The molecule has 0 fully saturated rings. The van der Waals surface area contributed by atoms with E-state index in [4.69, 9.17) is 0 Å². The van der Waals surface area contributed by atoms with Gasteiger partial charge in [-0.15, -0.1) is 5.10 Å². The van der Waals surface area contributed by atoms with Crippen molar-refractivity contribution in [3.63, 3.8) is 0 Å². The molecular weight excluding hydrogens is 404 g/mol. The van der Waals surface area contributed by atoms with E-state index in [2.05, 4.69) is 15.2 Å². The van der Waals surface area contributed by atoms with Crippen molar-refractivity contribution in [2.24, 2.45) is 0 Å². The van der Waals surface area contributed by atoms with Crippen LogP contribution in [0.2, 0.25) is 0 Å². The summed E-state index contributed by atoms with van der Waals surface area (Å²) in [4.78, 5) is 27.5. The quantitative estimate of drug-likeness (QED) is 0.366. The predicted octanol–water partition coefficient (Wildman–Crippen LogP) is 4.08. The lowest BCUT2D eigenvalue weighted by Gasteiger charge is -2.10. The summed E-state index contributed by atoms with van der Waals surface area (Å²) in [5, 5.41) is 26.2. The van der Waals surface area contributed by atoms with Crippen LogP contribution >= 0.6 is 11.8 Å². The monoisotopic (exact) mass is 426 g/mol. The molecule has 9 heteroatoms. The zero-order valence-corrected chi connectivity index (χ0v) is 17.7. The molecule has 0 amide bonds. The van der Waals surface area contributed by atoms with Crippen molar-refractivity contribution in [3.05, 3.63) is 63.6 Å². The summed E-state index contributed by atoms with van der Waals surface area (Å²) in [5.41, 5.74) is 3.27. The van der Waals surface area contributed by atoms with E-state index in [1.807, 2.05) is 37.5 Å². The Kier molecular flexibility index (Phi) is 6.41. The van der Waals surface area contributed by atoms with E-state index in [1.54, 1.807) is 18.2 Å². The highest BCUT2D eigenvalue weighted by atomic mass is 32.2. The molecular formula is C21H22N4O4S. The zero-order valence-electron chi connectivity index (χ0n) is 16.8. The third kappa shape index (κ3) is 4.62.